The van der Waals surface area contributed by atoms with Gasteiger partial charge in [0.1, 0.15) is 0 Å². The van der Waals surface area contributed by atoms with E-state index in [0.717, 1.165) is 6.54 Å². The van der Waals surface area contributed by atoms with Gasteiger partial charge in [-0.1, -0.05) is 0 Å². The number of guanidine groups is 1. The van der Waals surface area contributed by atoms with Crippen molar-refractivity contribution in [1.82, 2.24) is 10.6 Å². The molecule has 0 aliphatic rings. The van der Waals surface area contributed by atoms with Crippen LogP contribution in [0.3, 0.4) is 0 Å². The highest BCUT2D eigenvalue weighted by Crippen LogP contribution is 2.20. The van der Waals surface area contributed by atoms with Gasteiger partial charge < -0.3 is 10.6 Å². The van der Waals surface area contributed by atoms with Crippen molar-refractivity contribution in [1.29, 1.82) is 0 Å². The van der Waals surface area contributed by atoms with Crippen LogP contribution in [0.4, 0.5) is 0 Å². The molecule has 0 amide bonds. The normalized spacial score (nSPS) is 13.5. The highest BCUT2D eigenvalue weighted by atomic mass is 32.2. The van der Waals surface area contributed by atoms with Crippen LogP contribution < -0.4 is 15.8 Å². The molecule has 0 radical (unpaired) electrons. The maximum absolute atomic E-state index is 10.8. The summed E-state index contributed by atoms with van der Waals surface area (Å²) in [5, 5.41) is 10.9. The van der Waals surface area contributed by atoms with Crippen LogP contribution in [-0.4, -0.2) is 50.8 Å². The summed E-state index contributed by atoms with van der Waals surface area (Å²) in [6.45, 7) is 7.80. The van der Waals surface area contributed by atoms with Crippen LogP contribution in [0.25, 0.3) is 0 Å². The van der Waals surface area contributed by atoms with E-state index >= 15 is 0 Å². The lowest BCUT2D eigenvalue weighted by Crippen LogP contribution is -2.41. The van der Waals surface area contributed by atoms with Crippen molar-refractivity contribution in [3.8, 4) is 0 Å². The molecule has 6 nitrogen and oxygen atoms in total. The Morgan fingerprint density at radius 3 is 2.44 bits per heavy atom. The third-order valence-electron chi connectivity index (χ3n) is 2.19. The molecule has 0 aliphatic carbocycles. The first-order chi connectivity index (χ1) is 8.20. The minimum Gasteiger partial charge on any atom is -0.357 e. The van der Waals surface area contributed by atoms with Gasteiger partial charge in [-0.15, -0.1) is 0 Å². The number of nitrogens with two attached hydrogens (primary N) is 1. The Bertz CT molecular complexity index is 366. The Morgan fingerprint density at radius 2 is 2.00 bits per heavy atom. The number of primary sulfonamides is 1. The quantitative estimate of drug-likeness (QED) is 0.453. The largest absolute Gasteiger partial charge is 0.357 e. The van der Waals surface area contributed by atoms with E-state index in [1.165, 1.54) is 0 Å². The standard InChI is InChI=1S/C10H24N4O2S2/c1-5-12-9(13-6-7-18(11,15)16)14-8-10(2,3)17-4/h5-8H2,1-4H3,(H2,11,15,16)(H2,12,13,14). The molecule has 0 aliphatic heterocycles. The van der Waals surface area contributed by atoms with Gasteiger partial charge in [-0.05, 0) is 27.0 Å². The smallest absolute Gasteiger partial charge is 0.210 e. The number of rotatable bonds is 7. The maximum Gasteiger partial charge on any atom is 0.210 e. The van der Waals surface area contributed by atoms with E-state index in [9.17, 15) is 8.42 Å². The number of hydrogen-bond donors (Lipinski definition) is 3. The van der Waals surface area contributed by atoms with Crippen LogP contribution in [0.2, 0.25) is 0 Å². The molecule has 0 bridgehead atoms. The van der Waals surface area contributed by atoms with Gasteiger partial charge in [-0.2, -0.15) is 11.8 Å². The van der Waals surface area contributed by atoms with E-state index in [2.05, 4.69) is 29.5 Å². The first kappa shape index (κ1) is 17.5. The lowest BCUT2D eigenvalue weighted by atomic mass is 10.2. The summed E-state index contributed by atoms with van der Waals surface area (Å²) in [4.78, 5) is 4.41. The molecule has 0 rings (SSSR count). The van der Waals surface area contributed by atoms with Gasteiger partial charge in [0.15, 0.2) is 5.96 Å². The molecule has 0 heterocycles. The second-order valence-corrected chi connectivity index (χ2v) is 7.70. The second-order valence-electron chi connectivity index (χ2n) is 4.45. The van der Waals surface area contributed by atoms with Crippen LogP contribution >= 0.6 is 11.8 Å². The highest BCUT2D eigenvalue weighted by Gasteiger charge is 2.15. The molecule has 0 aromatic rings. The summed E-state index contributed by atoms with van der Waals surface area (Å²) in [7, 11) is -3.43. The van der Waals surface area contributed by atoms with Crippen LogP contribution in [0.5, 0.6) is 0 Å². The molecule has 0 spiro atoms. The summed E-state index contributed by atoms with van der Waals surface area (Å²) >= 11 is 1.74. The molecule has 0 fully saturated rings. The number of thioether (sulfide) groups is 1. The van der Waals surface area contributed by atoms with Crippen molar-refractivity contribution in [3.05, 3.63) is 0 Å². The maximum atomic E-state index is 10.8. The van der Waals surface area contributed by atoms with Crippen molar-refractivity contribution in [3.63, 3.8) is 0 Å². The van der Waals surface area contributed by atoms with Crippen LogP contribution in [0, 0.1) is 0 Å². The Morgan fingerprint density at radius 1 is 1.39 bits per heavy atom. The lowest BCUT2D eigenvalue weighted by Gasteiger charge is -2.20. The van der Waals surface area contributed by atoms with Gasteiger partial charge in [0.05, 0.1) is 12.3 Å². The first-order valence-corrected chi connectivity index (χ1v) is 8.72. The van der Waals surface area contributed by atoms with Gasteiger partial charge >= 0.3 is 0 Å². The fourth-order valence-corrected chi connectivity index (χ4v) is 1.57. The van der Waals surface area contributed by atoms with Crippen molar-refractivity contribution in [2.24, 2.45) is 10.1 Å². The molecule has 0 aromatic carbocycles. The summed E-state index contributed by atoms with van der Waals surface area (Å²) in [6.07, 6.45) is 2.04. The first-order valence-electron chi connectivity index (χ1n) is 5.78. The van der Waals surface area contributed by atoms with Gasteiger partial charge in [0.2, 0.25) is 10.0 Å². The van der Waals surface area contributed by atoms with E-state index in [4.69, 9.17) is 5.14 Å². The zero-order valence-electron chi connectivity index (χ0n) is 11.5. The molecular formula is C10H24N4O2S2. The fourth-order valence-electron chi connectivity index (χ4n) is 0.987. The van der Waals surface area contributed by atoms with Gasteiger partial charge in [0, 0.05) is 17.8 Å². The molecule has 108 valence electrons. The minimum absolute atomic E-state index is 0.0578. The van der Waals surface area contributed by atoms with Crippen LogP contribution in [0.15, 0.2) is 4.99 Å². The summed E-state index contributed by atoms with van der Waals surface area (Å²) in [6, 6.07) is 0. The molecule has 0 saturated heterocycles. The number of sulfonamides is 1. The Hall–Kier alpha value is -0.470. The Balaban J connectivity index is 4.34. The third-order valence-corrected chi connectivity index (χ3v) is 4.20. The lowest BCUT2D eigenvalue weighted by molar-refractivity contribution is 0.596. The molecule has 0 unspecified atom stereocenters. The van der Waals surface area contributed by atoms with E-state index in [1.807, 2.05) is 13.2 Å². The zero-order valence-corrected chi connectivity index (χ0v) is 13.1. The van der Waals surface area contributed by atoms with Crippen LogP contribution in [0.1, 0.15) is 20.8 Å². The molecule has 0 atom stereocenters. The van der Waals surface area contributed by atoms with Crippen molar-refractivity contribution >= 4 is 27.7 Å². The van der Waals surface area contributed by atoms with Crippen molar-refractivity contribution in [2.45, 2.75) is 25.5 Å². The number of aliphatic imine (C=N–C) groups is 1. The summed E-state index contributed by atoms with van der Waals surface area (Å²) in [5.41, 5.74) is 0. The van der Waals surface area contributed by atoms with Gasteiger partial charge in [0.25, 0.3) is 0 Å². The monoisotopic (exact) mass is 296 g/mol. The molecule has 0 saturated carbocycles. The fraction of sp³-hybridized carbons (Fsp3) is 0.900. The number of nitrogens with one attached hydrogen (secondary N) is 2. The summed E-state index contributed by atoms with van der Waals surface area (Å²) in [5.74, 6) is 0.506. The highest BCUT2D eigenvalue weighted by molar-refractivity contribution is 7.99. The van der Waals surface area contributed by atoms with Crippen LogP contribution in [-0.2, 0) is 10.0 Å². The zero-order chi connectivity index (χ0) is 14.2. The van der Waals surface area contributed by atoms with Gasteiger partial charge in [-0.25, -0.2) is 13.6 Å². The predicted octanol–water partition coefficient (Wildman–Crippen LogP) is -0.0284. The van der Waals surface area contributed by atoms with E-state index in [1.54, 1.807) is 11.8 Å². The van der Waals surface area contributed by atoms with E-state index in [0.29, 0.717) is 12.5 Å². The van der Waals surface area contributed by atoms with Gasteiger partial charge in [-0.3, -0.25) is 4.99 Å². The Kier molecular flexibility index (Phi) is 7.65. The minimum atomic E-state index is -3.43. The Labute approximate surface area is 114 Å². The SMILES string of the molecule is CCNC(=NCC(C)(C)SC)NCCS(N)(=O)=O. The molecule has 4 N–H and O–H groups in total. The number of hydrogen-bond acceptors (Lipinski definition) is 4. The molecule has 18 heavy (non-hydrogen) atoms. The summed E-state index contributed by atoms with van der Waals surface area (Å²) < 4.78 is 21.7. The third kappa shape index (κ3) is 9.55. The average Bonchev–Trinajstić information content (AvgIpc) is 2.24. The molecule has 8 heteroatoms. The average molecular weight is 296 g/mol. The topological polar surface area (TPSA) is 96.6 Å². The van der Waals surface area contributed by atoms with E-state index < -0.39 is 10.0 Å². The number of nitrogens with zero attached hydrogens (tertiary/aromatic N) is 1. The second kappa shape index (κ2) is 7.85. The van der Waals surface area contributed by atoms with Crippen molar-refractivity contribution in [2.75, 3.05) is 31.6 Å². The molecular weight excluding hydrogens is 272 g/mol. The predicted molar refractivity (Wildman–Crippen MR) is 79.5 cm³/mol. The molecule has 0 aromatic heterocycles. The van der Waals surface area contributed by atoms with Crippen molar-refractivity contribution < 1.29 is 8.42 Å². The van der Waals surface area contributed by atoms with E-state index in [-0.39, 0.29) is 17.0 Å².